The van der Waals surface area contributed by atoms with Gasteiger partial charge in [0, 0.05) is 26.0 Å². The van der Waals surface area contributed by atoms with Crippen molar-refractivity contribution in [1.82, 2.24) is 0 Å². The van der Waals surface area contributed by atoms with Gasteiger partial charge in [-0.25, -0.2) is 0 Å². The fraction of sp³-hybridized carbons (Fsp3) is 0.0769. The number of anilines is 3. The standard InChI is InChI=1S/C52H37Br2N/c1-2-9-34-16-18-35(19-17-34)36-20-25-39(26-21-36)55(40-27-22-37(23-28-40)46-32-38(53)24-31-51(46)54)41-29-30-45-44-12-5-8-15-49(44)52(50(45)33-41)47-13-6-3-10-42(47)43-11-4-7-14-48(43)52/h3-8,10-33H,2,9H2,1H3. The smallest absolute Gasteiger partial charge is 0.0726 e. The zero-order valence-corrected chi connectivity index (χ0v) is 33.6. The van der Waals surface area contributed by atoms with Gasteiger partial charge in [0.25, 0.3) is 0 Å². The molecule has 0 heterocycles. The van der Waals surface area contributed by atoms with Gasteiger partial charge in [-0.05, 0) is 133 Å². The first-order valence-electron chi connectivity index (χ1n) is 19.0. The Balaban J connectivity index is 1.15. The van der Waals surface area contributed by atoms with Crippen LogP contribution in [-0.2, 0) is 11.8 Å². The SMILES string of the molecule is CCCc1ccc(-c2ccc(N(c3ccc(-c4cc(Br)ccc4Br)cc3)c3ccc4c(c3)C3(c5ccccc5-c5ccccc53)c3ccccc3-4)cc2)cc1. The van der Waals surface area contributed by atoms with E-state index in [1.165, 1.54) is 61.2 Å². The maximum atomic E-state index is 3.79. The van der Waals surface area contributed by atoms with Gasteiger partial charge in [0.15, 0.2) is 0 Å². The van der Waals surface area contributed by atoms with Crippen LogP contribution >= 0.6 is 31.9 Å². The molecule has 0 N–H and O–H groups in total. The quantitative estimate of drug-likeness (QED) is 0.155. The fourth-order valence-electron chi connectivity index (χ4n) is 9.13. The predicted octanol–water partition coefficient (Wildman–Crippen LogP) is 15.3. The summed E-state index contributed by atoms with van der Waals surface area (Å²) in [5.41, 5.74) is 19.7. The lowest BCUT2D eigenvalue weighted by Crippen LogP contribution is -2.26. The Labute approximate surface area is 340 Å². The first kappa shape index (κ1) is 34.0. The number of hydrogen-bond acceptors (Lipinski definition) is 1. The second kappa shape index (κ2) is 13.7. The number of fused-ring (bicyclic) bond motifs is 10. The summed E-state index contributed by atoms with van der Waals surface area (Å²) in [7, 11) is 0. The first-order valence-corrected chi connectivity index (χ1v) is 20.6. The molecule has 55 heavy (non-hydrogen) atoms. The molecule has 0 saturated heterocycles. The molecule has 0 amide bonds. The Bertz CT molecular complexity index is 2660. The van der Waals surface area contributed by atoms with E-state index in [2.05, 4.69) is 226 Å². The second-order valence-corrected chi connectivity index (χ2v) is 16.4. The fourth-order valence-corrected chi connectivity index (χ4v) is 9.97. The molecule has 3 heteroatoms. The molecular formula is C52H37Br2N. The van der Waals surface area contributed by atoms with Crippen molar-refractivity contribution in [2.24, 2.45) is 0 Å². The van der Waals surface area contributed by atoms with E-state index in [4.69, 9.17) is 0 Å². The summed E-state index contributed by atoms with van der Waals surface area (Å²) in [5.74, 6) is 0. The lowest BCUT2D eigenvalue weighted by Gasteiger charge is -2.32. The van der Waals surface area contributed by atoms with Crippen LogP contribution < -0.4 is 4.90 Å². The lowest BCUT2D eigenvalue weighted by atomic mass is 9.70. The van der Waals surface area contributed by atoms with Gasteiger partial charge >= 0.3 is 0 Å². The van der Waals surface area contributed by atoms with E-state index in [9.17, 15) is 0 Å². The normalized spacial score (nSPS) is 12.9. The maximum absolute atomic E-state index is 3.79. The Morgan fingerprint density at radius 1 is 0.418 bits per heavy atom. The molecule has 10 rings (SSSR count). The van der Waals surface area contributed by atoms with Crippen molar-refractivity contribution in [3.05, 3.63) is 219 Å². The average Bonchev–Trinajstić information content (AvgIpc) is 3.70. The molecule has 8 aromatic rings. The van der Waals surface area contributed by atoms with E-state index in [-0.39, 0.29) is 0 Å². The average molecular weight is 836 g/mol. The molecule has 1 nitrogen and oxygen atoms in total. The van der Waals surface area contributed by atoms with Gasteiger partial charge in [-0.1, -0.05) is 173 Å². The third kappa shape index (κ3) is 5.47. The highest BCUT2D eigenvalue weighted by Crippen LogP contribution is 2.63. The van der Waals surface area contributed by atoms with Crippen LogP contribution in [0.25, 0.3) is 44.5 Å². The van der Waals surface area contributed by atoms with Gasteiger partial charge in [-0.15, -0.1) is 0 Å². The maximum Gasteiger partial charge on any atom is 0.0726 e. The van der Waals surface area contributed by atoms with Crippen molar-refractivity contribution in [3.63, 3.8) is 0 Å². The third-order valence-electron chi connectivity index (χ3n) is 11.6. The minimum absolute atomic E-state index is 0.411. The molecule has 1 spiro atoms. The van der Waals surface area contributed by atoms with Crippen LogP contribution in [0.2, 0.25) is 0 Å². The summed E-state index contributed by atoms with van der Waals surface area (Å²) in [6.45, 7) is 2.23. The van der Waals surface area contributed by atoms with Gasteiger partial charge < -0.3 is 4.90 Å². The van der Waals surface area contributed by atoms with E-state index in [1.807, 2.05) is 0 Å². The molecule has 0 atom stereocenters. The number of benzene rings is 8. The molecule has 0 saturated carbocycles. The number of rotatable bonds is 7. The van der Waals surface area contributed by atoms with Crippen LogP contribution in [0.4, 0.5) is 17.1 Å². The van der Waals surface area contributed by atoms with Crippen molar-refractivity contribution >= 4 is 48.9 Å². The van der Waals surface area contributed by atoms with E-state index < -0.39 is 5.41 Å². The third-order valence-corrected chi connectivity index (χ3v) is 12.7. The molecule has 8 aromatic carbocycles. The summed E-state index contributed by atoms with van der Waals surface area (Å²) in [6.07, 6.45) is 2.26. The van der Waals surface area contributed by atoms with Gasteiger partial charge in [0.2, 0.25) is 0 Å². The highest BCUT2D eigenvalue weighted by molar-refractivity contribution is 9.11. The molecule has 0 unspecified atom stereocenters. The van der Waals surface area contributed by atoms with E-state index in [1.54, 1.807) is 0 Å². The van der Waals surface area contributed by atoms with Crippen molar-refractivity contribution in [2.45, 2.75) is 25.2 Å². The van der Waals surface area contributed by atoms with Crippen LogP contribution in [-0.4, -0.2) is 0 Å². The van der Waals surface area contributed by atoms with E-state index in [0.29, 0.717) is 0 Å². The summed E-state index contributed by atoms with van der Waals surface area (Å²) in [6, 6.07) is 67.6. The van der Waals surface area contributed by atoms with Crippen molar-refractivity contribution in [3.8, 4) is 44.5 Å². The van der Waals surface area contributed by atoms with E-state index in [0.717, 1.165) is 50.0 Å². The van der Waals surface area contributed by atoms with Gasteiger partial charge in [0.1, 0.15) is 0 Å². The van der Waals surface area contributed by atoms with Crippen molar-refractivity contribution in [2.75, 3.05) is 4.90 Å². The monoisotopic (exact) mass is 833 g/mol. The summed E-state index contributed by atoms with van der Waals surface area (Å²) in [4.78, 5) is 2.41. The molecule has 0 bridgehead atoms. The van der Waals surface area contributed by atoms with E-state index >= 15 is 0 Å². The first-order chi connectivity index (χ1) is 27.0. The number of halogens is 2. The highest BCUT2D eigenvalue weighted by Gasteiger charge is 2.51. The molecule has 2 aliphatic carbocycles. The van der Waals surface area contributed by atoms with Crippen LogP contribution in [0.15, 0.2) is 191 Å². The lowest BCUT2D eigenvalue weighted by molar-refractivity contribution is 0.793. The Morgan fingerprint density at radius 3 is 1.44 bits per heavy atom. The van der Waals surface area contributed by atoms with Crippen LogP contribution in [0.3, 0.4) is 0 Å². The minimum atomic E-state index is -0.411. The predicted molar refractivity (Wildman–Crippen MR) is 238 cm³/mol. The summed E-state index contributed by atoms with van der Waals surface area (Å²) < 4.78 is 2.12. The number of aryl methyl sites for hydroxylation is 1. The highest BCUT2D eigenvalue weighted by atomic mass is 79.9. The molecular weight excluding hydrogens is 798 g/mol. The van der Waals surface area contributed by atoms with Gasteiger partial charge in [0.05, 0.1) is 5.41 Å². The van der Waals surface area contributed by atoms with Crippen molar-refractivity contribution < 1.29 is 0 Å². The molecule has 0 fully saturated rings. The largest absolute Gasteiger partial charge is 0.310 e. The van der Waals surface area contributed by atoms with Crippen molar-refractivity contribution in [1.29, 1.82) is 0 Å². The minimum Gasteiger partial charge on any atom is -0.310 e. The second-order valence-electron chi connectivity index (χ2n) is 14.6. The van der Waals surface area contributed by atoms with Crippen LogP contribution in [0.5, 0.6) is 0 Å². The molecule has 0 radical (unpaired) electrons. The zero-order chi connectivity index (χ0) is 37.1. The summed E-state index contributed by atoms with van der Waals surface area (Å²) >= 11 is 7.47. The van der Waals surface area contributed by atoms with Crippen LogP contribution in [0, 0.1) is 0 Å². The van der Waals surface area contributed by atoms with Gasteiger partial charge in [-0.3, -0.25) is 0 Å². The molecule has 0 aromatic heterocycles. The van der Waals surface area contributed by atoms with Crippen LogP contribution in [0.1, 0.15) is 41.2 Å². The zero-order valence-electron chi connectivity index (χ0n) is 30.4. The molecule has 0 aliphatic heterocycles. The Morgan fingerprint density at radius 2 is 0.891 bits per heavy atom. The molecule has 264 valence electrons. The summed E-state index contributed by atoms with van der Waals surface area (Å²) in [5, 5.41) is 0. The number of hydrogen-bond donors (Lipinski definition) is 0. The van der Waals surface area contributed by atoms with Gasteiger partial charge in [-0.2, -0.15) is 0 Å². The Hall–Kier alpha value is -5.48. The Kier molecular flexibility index (Phi) is 8.46. The molecule has 2 aliphatic rings. The number of nitrogens with zero attached hydrogens (tertiary/aromatic N) is 1. The topological polar surface area (TPSA) is 3.24 Å².